The topological polar surface area (TPSA) is 111 Å². The Morgan fingerprint density at radius 2 is 0.761 bits per heavy atom. The first kappa shape index (κ1) is 68.2. The Bertz CT molecular complexity index is 1300. The number of allylic oxidation sites excluding steroid dienone is 8. The number of hydrogen-bond acceptors (Lipinski definition) is 8. The van der Waals surface area contributed by atoms with Gasteiger partial charge in [-0.15, -0.1) is 0 Å². The van der Waals surface area contributed by atoms with Crippen LogP contribution in [0.15, 0.2) is 48.6 Å². The highest BCUT2D eigenvalue weighted by molar-refractivity contribution is 5.70. The predicted molar refractivity (Wildman–Crippen MR) is 297 cm³/mol. The lowest BCUT2D eigenvalue weighted by Gasteiger charge is -2.26. The van der Waals surface area contributed by atoms with Crippen LogP contribution in [-0.2, 0) is 33.3 Å². The van der Waals surface area contributed by atoms with E-state index in [0.717, 1.165) is 57.8 Å². The third-order valence-electron chi connectivity index (χ3n) is 13.0. The van der Waals surface area contributed by atoms with E-state index in [9.17, 15) is 19.5 Å². The van der Waals surface area contributed by atoms with Crippen molar-refractivity contribution in [3.8, 4) is 0 Å². The fourth-order valence-corrected chi connectivity index (χ4v) is 8.42. The smallest absolute Gasteiger partial charge is 0.306 e. The zero-order chi connectivity index (χ0) is 52.0. The Balaban J connectivity index is 4.17. The summed E-state index contributed by atoms with van der Waals surface area (Å²) >= 11 is 0. The number of quaternary nitrogens is 1. The number of ether oxygens (including phenoxy) is 4. The molecule has 2 unspecified atom stereocenters. The molecular formula is C62H113NO8. The number of carboxylic acids is 1. The maximum atomic E-state index is 12.9. The van der Waals surface area contributed by atoms with E-state index in [0.29, 0.717) is 17.4 Å². The van der Waals surface area contributed by atoms with Crippen LogP contribution in [0.1, 0.15) is 271 Å². The van der Waals surface area contributed by atoms with Crippen molar-refractivity contribution >= 4 is 17.9 Å². The highest BCUT2D eigenvalue weighted by Gasteiger charge is 2.22. The lowest BCUT2D eigenvalue weighted by atomic mass is 10.0. The molecule has 0 aliphatic rings. The molecule has 0 radical (unpaired) electrons. The average molecular weight is 1000 g/mol. The van der Waals surface area contributed by atoms with Crippen LogP contribution in [0.3, 0.4) is 0 Å². The van der Waals surface area contributed by atoms with Crippen LogP contribution in [0.5, 0.6) is 0 Å². The average Bonchev–Trinajstić information content (AvgIpc) is 3.34. The maximum Gasteiger partial charge on any atom is 0.306 e. The molecule has 0 amide bonds. The predicted octanol–water partition coefficient (Wildman–Crippen LogP) is 16.1. The minimum atomic E-state index is -1.62. The Kier molecular flexibility index (Phi) is 51.5. The van der Waals surface area contributed by atoms with Crippen molar-refractivity contribution in [3.05, 3.63) is 48.6 Å². The van der Waals surface area contributed by atoms with E-state index in [2.05, 4.69) is 62.5 Å². The molecule has 2 atom stereocenters. The van der Waals surface area contributed by atoms with Gasteiger partial charge in [0.25, 0.3) is 0 Å². The number of carbonyl (C=O) groups is 3. The summed E-state index contributed by atoms with van der Waals surface area (Å²) in [6, 6.07) is 0. The molecule has 0 aromatic carbocycles. The molecule has 0 heterocycles. The second-order valence-electron chi connectivity index (χ2n) is 21.3. The molecule has 0 aromatic heterocycles. The largest absolute Gasteiger partial charge is 0.545 e. The first-order valence-corrected chi connectivity index (χ1v) is 29.8. The van der Waals surface area contributed by atoms with Crippen LogP contribution < -0.4 is 5.11 Å². The van der Waals surface area contributed by atoms with E-state index in [4.69, 9.17) is 18.9 Å². The van der Waals surface area contributed by atoms with Crippen molar-refractivity contribution in [2.45, 2.75) is 283 Å². The van der Waals surface area contributed by atoms with Gasteiger partial charge in [0.05, 0.1) is 40.3 Å². The van der Waals surface area contributed by atoms with Gasteiger partial charge >= 0.3 is 11.9 Å². The zero-order valence-corrected chi connectivity index (χ0v) is 47.1. The number of unbranched alkanes of at least 4 members (excludes halogenated alkanes) is 32. The quantitative estimate of drug-likeness (QED) is 0.0195. The number of aliphatic carboxylic acids is 1. The molecule has 9 heteroatoms. The number of likely N-dealkylation sites (N-methyl/N-ethyl adjacent to an activating group) is 1. The molecule has 0 aromatic rings. The van der Waals surface area contributed by atoms with E-state index in [1.165, 1.54) is 180 Å². The Hall–Kier alpha value is -2.75. The van der Waals surface area contributed by atoms with Crippen LogP contribution >= 0.6 is 0 Å². The minimum Gasteiger partial charge on any atom is -0.545 e. The maximum absolute atomic E-state index is 12.9. The van der Waals surface area contributed by atoms with Gasteiger partial charge in [0.15, 0.2) is 12.4 Å². The van der Waals surface area contributed by atoms with Gasteiger partial charge in [0, 0.05) is 12.8 Å². The van der Waals surface area contributed by atoms with E-state index in [1.807, 2.05) is 21.1 Å². The minimum absolute atomic E-state index is 0.147. The number of esters is 2. The van der Waals surface area contributed by atoms with E-state index in [-0.39, 0.29) is 38.6 Å². The van der Waals surface area contributed by atoms with E-state index in [1.54, 1.807) is 0 Å². The summed E-state index contributed by atoms with van der Waals surface area (Å²) in [6.45, 7) is 4.73. The summed E-state index contributed by atoms with van der Waals surface area (Å²) in [6.07, 6.45) is 63.0. The lowest BCUT2D eigenvalue weighted by molar-refractivity contribution is -0.870. The standard InChI is InChI=1S/C62H113NO8/c1-6-8-10-12-14-16-18-20-22-24-25-26-27-28-29-30-31-32-33-34-35-37-39-41-43-45-47-49-51-53-60(65)71-58(57-70-62(61(66)67)68-55-54-63(3,4)5)56-69-59(64)52-50-48-46-44-42-40-38-36-23-21-19-17-15-13-11-9-7-2/h15,17-18,20-21,23-25,58,62H,6-14,16,19,22,26-57H2,1-5H3/b17-15-,20-18-,23-21-,25-24-. The number of hydrogen-bond donors (Lipinski definition) is 0. The summed E-state index contributed by atoms with van der Waals surface area (Å²) in [5.41, 5.74) is 0. The lowest BCUT2D eigenvalue weighted by Crippen LogP contribution is -2.44. The van der Waals surface area contributed by atoms with Crippen molar-refractivity contribution < 1.29 is 42.9 Å². The molecule has 0 saturated heterocycles. The van der Waals surface area contributed by atoms with Crippen LogP contribution in [0.4, 0.5) is 0 Å². The monoisotopic (exact) mass is 1000 g/mol. The van der Waals surface area contributed by atoms with Gasteiger partial charge in [0.2, 0.25) is 0 Å². The fourth-order valence-electron chi connectivity index (χ4n) is 8.42. The molecule has 0 N–H and O–H groups in total. The number of nitrogens with zero attached hydrogens (tertiary/aromatic N) is 1. The van der Waals surface area contributed by atoms with Gasteiger partial charge in [-0.2, -0.15) is 0 Å². The van der Waals surface area contributed by atoms with Crippen molar-refractivity contribution in [1.82, 2.24) is 0 Å². The molecule has 9 nitrogen and oxygen atoms in total. The van der Waals surface area contributed by atoms with Crippen molar-refractivity contribution in [2.75, 3.05) is 47.5 Å². The fraction of sp³-hybridized carbons (Fsp3) is 0.823. The van der Waals surface area contributed by atoms with E-state index < -0.39 is 24.3 Å². The van der Waals surface area contributed by atoms with Gasteiger partial charge in [-0.05, 0) is 77.0 Å². The first-order valence-electron chi connectivity index (χ1n) is 29.8. The van der Waals surface area contributed by atoms with Crippen LogP contribution in [0.2, 0.25) is 0 Å². The molecular weight excluding hydrogens is 887 g/mol. The van der Waals surface area contributed by atoms with Gasteiger partial charge in [0.1, 0.15) is 13.2 Å². The summed E-state index contributed by atoms with van der Waals surface area (Å²) in [5.74, 6) is -2.28. The molecule has 0 aliphatic heterocycles. The second-order valence-corrected chi connectivity index (χ2v) is 21.3. The van der Waals surface area contributed by atoms with Crippen LogP contribution in [-0.4, -0.2) is 82.3 Å². The summed E-state index contributed by atoms with van der Waals surface area (Å²) < 4.78 is 22.7. The van der Waals surface area contributed by atoms with Gasteiger partial charge < -0.3 is 33.3 Å². The molecule has 0 fully saturated rings. The van der Waals surface area contributed by atoms with Crippen LogP contribution in [0, 0.1) is 0 Å². The zero-order valence-electron chi connectivity index (χ0n) is 47.1. The SMILES string of the molecule is CCCCC/C=C\C/C=C\CCCCCCCCCC(=O)OCC(COC(OCC[N+](C)(C)C)C(=O)[O-])OC(=O)CCCCCCCCCCCCCCCCCCC/C=C\C/C=C\CCCCCCC. The molecule has 0 bridgehead atoms. The summed E-state index contributed by atoms with van der Waals surface area (Å²) in [7, 11) is 5.92. The number of carbonyl (C=O) groups excluding carboxylic acids is 3. The van der Waals surface area contributed by atoms with Gasteiger partial charge in [-0.3, -0.25) is 9.59 Å². The van der Waals surface area contributed by atoms with E-state index >= 15 is 0 Å². The molecule has 0 rings (SSSR count). The molecule has 71 heavy (non-hydrogen) atoms. The van der Waals surface area contributed by atoms with Crippen molar-refractivity contribution in [3.63, 3.8) is 0 Å². The molecule has 0 saturated carbocycles. The molecule has 0 aliphatic carbocycles. The number of rotatable bonds is 55. The second kappa shape index (κ2) is 53.5. The normalized spacial score (nSPS) is 13.1. The highest BCUT2D eigenvalue weighted by atomic mass is 16.7. The Labute approximate surface area is 438 Å². The summed E-state index contributed by atoms with van der Waals surface area (Å²) in [5, 5.41) is 11.8. The van der Waals surface area contributed by atoms with Crippen LogP contribution in [0.25, 0.3) is 0 Å². The van der Waals surface area contributed by atoms with Gasteiger partial charge in [-0.1, -0.05) is 229 Å². The Morgan fingerprint density at radius 1 is 0.423 bits per heavy atom. The third-order valence-corrected chi connectivity index (χ3v) is 13.0. The Morgan fingerprint density at radius 3 is 1.14 bits per heavy atom. The van der Waals surface area contributed by atoms with Crippen molar-refractivity contribution in [2.24, 2.45) is 0 Å². The first-order chi connectivity index (χ1) is 34.6. The van der Waals surface area contributed by atoms with Gasteiger partial charge in [-0.25, -0.2) is 0 Å². The van der Waals surface area contributed by atoms with Crippen molar-refractivity contribution in [1.29, 1.82) is 0 Å². The molecule has 414 valence electrons. The third kappa shape index (κ3) is 54.9. The number of carboxylic acid groups (broad SMARTS) is 1. The summed E-state index contributed by atoms with van der Waals surface area (Å²) in [4.78, 5) is 37.3. The molecule has 0 spiro atoms. The highest BCUT2D eigenvalue weighted by Crippen LogP contribution is 2.16.